The van der Waals surface area contributed by atoms with E-state index >= 15 is 0 Å². The van der Waals surface area contributed by atoms with Gasteiger partial charge in [0, 0.05) is 6.42 Å². The number of rotatable bonds is 2. The minimum absolute atomic E-state index is 0.105. The predicted octanol–water partition coefficient (Wildman–Crippen LogP) is 1.60. The fourth-order valence-corrected chi connectivity index (χ4v) is 2.19. The number of hydrogen-bond donors (Lipinski definition) is 2. The number of halogens is 5. The first kappa shape index (κ1) is 16.0. The second kappa shape index (κ2) is 5.14. The molecule has 2 N–H and O–H groups in total. The molecule has 118 valence electrons. The van der Waals surface area contributed by atoms with Crippen LogP contribution in [-0.4, -0.2) is 39.2 Å². The van der Waals surface area contributed by atoms with Crippen molar-refractivity contribution in [1.29, 1.82) is 0 Å². The van der Waals surface area contributed by atoms with Gasteiger partial charge in [0.05, 0.1) is 18.9 Å². The van der Waals surface area contributed by atoms with Crippen LogP contribution in [0.2, 0.25) is 0 Å². The number of H-pyrrole nitrogens is 1. The van der Waals surface area contributed by atoms with Gasteiger partial charge in [-0.3, -0.25) is 9.55 Å². The van der Waals surface area contributed by atoms with Gasteiger partial charge in [0.25, 0.3) is 5.67 Å². The fourth-order valence-electron chi connectivity index (χ4n) is 2.05. The highest BCUT2D eigenvalue weighted by Gasteiger charge is 2.67. The summed E-state index contributed by atoms with van der Waals surface area (Å²) in [6, 6.07) is 0. The van der Waals surface area contributed by atoms with Crippen LogP contribution in [0.3, 0.4) is 0 Å². The molecule has 0 saturated carbocycles. The summed E-state index contributed by atoms with van der Waals surface area (Å²) in [4.78, 5) is 13.4. The largest absolute Gasteiger partial charge is 0.427 e. The monoisotopic (exact) mass is 332 g/mol. The molecule has 0 amide bonds. The summed E-state index contributed by atoms with van der Waals surface area (Å²) < 4.78 is 70.6. The molecule has 1 aliphatic heterocycles. The van der Waals surface area contributed by atoms with E-state index in [1.807, 2.05) is 0 Å². The highest BCUT2D eigenvalue weighted by atomic mass is 32.1. The summed E-state index contributed by atoms with van der Waals surface area (Å²) in [6.07, 6.45) is -10.2. The molecule has 0 aliphatic carbocycles. The Labute approximate surface area is 119 Å². The lowest BCUT2D eigenvalue weighted by atomic mass is 9.99. The highest BCUT2D eigenvalue weighted by Crippen LogP contribution is 2.50. The third-order valence-electron chi connectivity index (χ3n) is 3.09. The summed E-state index contributed by atoms with van der Waals surface area (Å²) >= 11 is 4.41. The molecule has 1 aromatic heterocycles. The number of nitrogens with one attached hydrogen (secondary N) is 1. The zero-order chi connectivity index (χ0) is 16.0. The maximum atomic E-state index is 14.3. The van der Waals surface area contributed by atoms with Crippen LogP contribution in [0.25, 0.3) is 0 Å². The molecular formula is C10H9F5N2O3S. The molecule has 1 aromatic rings. The molecule has 1 saturated heterocycles. The lowest BCUT2D eigenvalue weighted by Crippen LogP contribution is -2.48. The van der Waals surface area contributed by atoms with Crippen molar-refractivity contribution in [1.82, 2.24) is 9.55 Å². The maximum absolute atomic E-state index is 14.3. The molecule has 1 fully saturated rings. The van der Waals surface area contributed by atoms with Gasteiger partial charge in [0.2, 0.25) is 0 Å². The summed E-state index contributed by atoms with van der Waals surface area (Å²) in [5.41, 5.74) is -5.19. The standard InChI is InChI=1S/C10H9F5N2O3S/c11-5-2-17(8(19)16-6(5)21)7-9(12,10(13,14)15)1-4(3-18)20-7/h2,4,7,18H,1,3H2,(H,16,19,21). The third kappa shape index (κ3) is 2.60. The summed E-state index contributed by atoms with van der Waals surface area (Å²) in [5, 5.41) is 8.85. The van der Waals surface area contributed by atoms with Crippen molar-refractivity contribution in [3.05, 3.63) is 27.1 Å². The van der Waals surface area contributed by atoms with E-state index in [2.05, 4.69) is 12.2 Å². The average molecular weight is 332 g/mol. The molecule has 2 rings (SSSR count). The average Bonchev–Trinajstić information content (AvgIpc) is 2.72. The van der Waals surface area contributed by atoms with Crippen molar-refractivity contribution >= 4 is 12.2 Å². The molecule has 3 atom stereocenters. The first-order valence-electron chi connectivity index (χ1n) is 5.63. The molecule has 5 nitrogen and oxygen atoms in total. The second-order valence-corrected chi connectivity index (χ2v) is 4.91. The van der Waals surface area contributed by atoms with Crippen LogP contribution in [0, 0.1) is 10.5 Å². The molecule has 21 heavy (non-hydrogen) atoms. The Balaban J connectivity index is 2.58. The summed E-state index contributed by atoms with van der Waals surface area (Å²) in [7, 11) is 0. The van der Waals surface area contributed by atoms with Gasteiger partial charge in [0.1, 0.15) is 4.64 Å². The number of aromatic amines is 1. The Morgan fingerprint density at radius 2 is 2.19 bits per heavy atom. The SMILES string of the molecule is O=c1[nH]c(=S)c(F)cn1C1OC(CO)CC1(F)C(F)(F)F. The highest BCUT2D eigenvalue weighted by molar-refractivity contribution is 7.71. The van der Waals surface area contributed by atoms with Gasteiger partial charge in [0.15, 0.2) is 12.0 Å². The topological polar surface area (TPSA) is 67.2 Å². The van der Waals surface area contributed by atoms with Crippen LogP contribution in [0.5, 0.6) is 0 Å². The van der Waals surface area contributed by atoms with Crippen molar-refractivity contribution in [2.75, 3.05) is 6.61 Å². The smallest absolute Gasteiger partial charge is 0.394 e. The van der Waals surface area contributed by atoms with E-state index in [9.17, 15) is 26.7 Å². The van der Waals surface area contributed by atoms with Gasteiger partial charge in [-0.2, -0.15) is 13.2 Å². The normalized spacial score (nSPS) is 29.8. The number of alkyl halides is 4. The Kier molecular flexibility index (Phi) is 3.93. The van der Waals surface area contributed by atoms with E-state index in [1.165, 1.54) is 0 Å². The molecule has 0 radical (unpaired) electrons. The molecule has 3 unspecified atom stereocenters. The Morgan fingerprint density at radius 1 is 1.57 bits per heavy atom. The van der Waals surface area contributed by atoms with E-state index in [1.54, 1.807) is 4.98 Å². The van der Waals surface area contributed by atoms with Gasteiger partial charge < -0.3 is 9.84 Å². The van der Waals surface area contributed by atoms with Gasteiger partial charge >= 0.3 is 11.9 Å². The molecule has 11 heteroatoms. The van der Waals surface area contributed by atoms with E-state index in [-0.39, 0.29) is 4.57 Å². The first-order chi connectivity index (χ1) is 9.60. The number of aliphatic hydroxyl groups excluding tert-OH is 1. The van der Waals surface area contributed by atoms with Crippen molar-refractivity contribution in [2.45, 2.75) is 30.6 Å². The lowest BCUT2D eigenvalue weighted by molar-refractivity contribution is -0.257. The zero-order valence-corrected chi connectivity index (χ0v) is 11.0. The minimum atomic E-state index is -5.37. The Bertz CT molecular complexity index is 657. The number of aliphatic hydroxyl groups is 1. The number of nitrogens with zero attached hydrogens (tertiary/aromatic N) is 1. The van der Waals surface area contributed by atoms with Crippen LogP contribution in [0.1, 0.15) is 12.6 Å². The van der Waals surface area contributed by atoms with Crippen LogP contribution in [-0.2, 0) is 4.74 Å². The van der Waals surface area contributed by atoms with E-state index in [0.717, 1.165) is 0 Å². The van der Waals surface area contributed by atoms with Crippen molar-refractivity contribution in [2.24, 2.45) is 0 Å². The number of ether oxygens (including phenoxy) is 1. The molecule has 0 aromatic carbocycles. The molecule has 0 spiro atoms. The van der Waals surface area contributed by atoms with Crippen LogP contribution in [0.15, 0.2) is 11.0 Å². The van der Waals surface area contributed by atoms with Gasteiger partial charge in [-0.15, -0.1) is 0 Å². The molecule has 2 heterocycles. The van der Waals surface area contributed by atoms with Gasteiger partial charge in [-0.1, -0.05) is 12.2 Å². The first-order valence-corrected chi connectivity index (χ1v) is 6.04. The van der Waals surface area contributed by atoms with E-state index in [4.69, 9.17) is 9.84 Å². The molecule has 0 bridgehead atoms. The van der Waals surface area contributed by atoms with Crippen LogP contribution < -0.4 is 5.69 Å². The van der Waals surface area contributed by atoms with E-state index in [0.29, 0.717) is 6.20 Å². The summed E-state index contributed by atoms with van der Waals surface area (Å²) in [6.45, 7) is -0.877. The maximum Gasteiger partial charge on any atom is 0.427 e. The van der Waals surface area contributed by atoms with Crippen LogP contribution in [0.4, 0.5) is 22.0 Å². The third-order valence-corrected chi connectivity index (χ3v) is 3.39. The fraction of sp³-hybridized carbons (Fsp3) is 0.600. The molecule has 1 aliphatic rings. The van der Waals surface area contributed by atoms with Gasteiger partial charge in [-0.25, -0.2) is 13.6 Å². The Hall–Kier alpha value is -1.33. The minimum Gasteiger partial charge on any atom is -0.394 e. The van der Waals surface area contributed by atoms with Crippen molar-refractivity contribution < 1.29 is 31.8 Å². The predicted molar refractivity (Wildman–Crippen MR) is 61.4 cm³/mol. The van der Waals surface area contributed by atoms with E-state index < -0.39 is 53.4 Å². The Morgan fingerprint density at radius 3 is 2.71 bits per heavy atom. The quantitative estimate of drug-likeness (QED) is 0.638. The second-order valence-electron chi connectivity index (χ2n) is 4.50. The number of aromatic nitrogens is 2. The zero-order valence-electron chi connectivity index (χ0n) is 10.2. The number of hydrogen-bond acceptors (Lipinski definition) is 4. The summed E-state index contributed by atoms with van der Waals surface area (Å²) in [5.74, 6) is -1.20. The lowest BCUT2D eigenvalue weighted by Gasteiger charge is -2.28. The van der Waals surface area contributed by atoms with Crippen molar-refractivity contribution in [3.8, 4) is 0 Å². The molecular weight excluding hydrogens is 323 g/mol. The van der Waals surface area contributed by atoms with Crippen molar-refractivity contribution in [3.63, 3.8) is 0 Å². The van der Waals surface area contributed by atoms with Gasteiger partial charge in [-0.05, 0) is 0 Å². The van der Waals surface area contributed by atoms with Crippen LogP contribution >= 0.6 is 12.2 Å².